The summed E-state index contributed by atoms with van der Waals surface area (Å²) >= 11 is 0. The van der Waals surface area contributed by atoms with Crippen LogP contribution in [0, 0.1) is 0 Å². The quantitative estimate of drug-likeness (QED) is 0.665. The van der Waals surface area contributed by atoms with E-state index in [1.807, 2.05) is 13.8 Å². The molecule has 0 saturated carbocycles. The van der Waals surface area contributed by atoms with E-state index in [2.05, 4.69) is 16.0 Å². The van der Waals surface area contributed by atoms with Gasteiger partial charge in [0.25, 0.3) is 11.8 Å². The fraction of sp³-hybridized carbons (Fsp3) is 0.250. The molecule has 0 unspecified atom stereocenters. The maximum atomic E-state index is 12.1. The lowest BCUT2D eigenvalue weighted by Crippen LogP contribution is -2.32. The summed E-state index contributed by atoms with van der Waals surface area (Å²) in [5, 5.41) is 7.91. The molecule has 0 aromatic heterocycles. The Labute approximate surface area is 158 Å². The van der Waals surface area contributed by atoms with Gasteiger partial charge in [-0.1, -0.05) is 6.07 Å². The van der Waals surface area contributed by atoms with Crippen molar-refractivity contribution in [2.45, 2.75) is 13.8 Å². The number of anilines is 1. The average Bonchev–Trinajstić information content (AvgIpc) is 2.67. The zero-order valence-electron chi connectivity index (χ0n) is 15.4. The van der Waals surface area contributed by atoms with Crippen molar-refractivity contribution >= 4 is 23.4 Å². The topological polar surface area (TPSA) is 96.5 Å². The third-order valence-corrected chi connectivity index (χ3v) is 3.58. The number of carbonyl (C=O) groups excluding carboxylic acids is 3. The molecule has 2 aromatic carbocycles. The van der Waals surface area contributed by atoms with E-state index in [1.165, 1.54) is 0 Å². The maximum Gasteiger partial charge on any atom is 0.251 e. The van der Waals surface area contributed by atoms with Crippen LogP contribution in [0.2, 0.25) is 0 Å². The highest BCUT2D eigenvalue weighted by Gasteiger charge is 2.10. The van der Waals surface area contributed by atoms with E-state index in [9.17, 15) is 14.4 Å². The van der Waals surface area contributed by atoms with Crippen LogP contribution in [0.15, 0.2) is 48.5 Å². The van der Waals surface area contributed by atoms with E-state index in [0.717, 1.165) is 0 Å². The van der Waals surface area contributed by atoms with Gasteiger partial charge < -0.3 is 20.7 Å². The highest BCUT2D eigenvalue weighted by molar-refractivity contribution is 6.00. The lowest BCUT2D eigenvalue weighted by atomic mass is 10.2. The first kappa shape index (κ1) is 20.0. The van der Waals surface area contributed by atoms with Gasteiger partial charge in [-0.3, -0.25) is 14.4 Å². The predicted octanol–water partition coefficient (Wildman–Crippen LogP) is 2.20. The van der Waals surface area contributed by atoms with Crippen LogP contribution >= 0.6 is 0 Å². The minimum Gasteiger partial charge on any atom is -0.494 e. The van der Waals surface area contributed by atoms with Crippen LogP contribution in [0.25, 0.3) is 0 Å². The lowest BCUT2D eigenvalue weighted by Gasteiger charge is -2.09. The van der Waals surface area contributed by atoms with Gasteiger partial charge in [-0.2, -0.15) is 0 Å². The lowest BCUT2D eigenvalue weighted by molar-refractivity contribution is -0.115. The smallest absolute Gasteiger partial charge is 0.251 e. The van der Waals surface area contributed by atoms with Crippen LogP contribution in [0.4, 0.5) is 5.69 Å². The van der Waals surface area contributed by atoms with Crippen LogP contribution in [-0.2, 0) is 4.79 Å². The molecule has 7 heteroatoms. The summed E-state index contributed by atoms with van der Waals surface area (Å²) in [7, 11) is 0. The van der Waals surface area contributed by atoms with Crippen molar-refractivity contribution in [2.75, 3.05) is 25.0 Å². The number of benzene rings is 2. The minimum atomic E-state index is -0.387. The van der Waals surface area contributed by atoms with Gasteiger partial charge in [-0.25, -0.2) is 0 Å². The van der Waals surface area contributed by atoms with E-state index in [-0.39, 0.29) is 24.3 Å². The summed E-state index contributed by atoms with van der Waals surface area (Å²) in [4.78, 5) is 36.0. The first-order valence-corrected chi connectivity index (χ1v) is 8.72. The third-order valence-electron chi connectivity index (χ3n) is 3.58. The molecular formula is C20H23N3O4. The second kappa shape index (κ2) is 9.96. The molecule has 0 radical (unpaired) electrons. The molecule has 0 fully saturated rings. The van der Waals surface area contributed by atoms with Crippen LogP contribution in [0.1, 0.15) is 34.6 Å². The Hall–Kier alpha value is -3.35. The fourth-order valence-electron chi connectivity index (χ4n) is 2.34. The first-order valence-electron chi connectivity index (χ1n) is 8.72. The molecule has 3 amide bonds. The Morgan fingerprint density at radius 1 is 0.889 bits per heavy atom. The van der Waals surface area contributed by atoms with Crippen LogP contribution in [-0.4, -0.2) is 37.4 Å². The fourth-order valence-corrected chi connectivity index (χ4v) is 2.34. The summed E-state index contributed by atoms with van der Waals surface area (Å²) in [6.07, 6.45) is 0. The van der Waals surface area contributed by atoms with Gasteiger partial charge in [0.1, 0.15) is 5.75 Å². The third kappa shape index (κ3) is 6.14. The molecule has 27 heavy (non-hydrogen) atoms. The summed E-state index contributed by atoms with van der Waals surface area (Å²) in [6.45, 7) is 4.60. The molecule has 0 spiro atoms. The van der Waals surface area contributed by atoms with Gasteiger partial charge in [0.2, 0.25) is 5.91 Å². The van der Waals surface area contributed by atoms with E-state index in [1.54, 1.807) is 48.5 Å². The molecule has 0 atom stereocenters. The van der Waals surface area contributed by atoms with Gasteiger partial charge in [0, 0.05) is 23.4 Å². The van der Waals surface area contributed by atoms with Gasteiger partial charge >= 0.3 is 0 Å². The van der Waals surface area contributed by atoms with E-state index < -0.39 is 0 Å². The molecule has 0 aliphatic rings. The molecule has 0 heterocycles. The molecule has 0 bridgehead atoms. The number of carbonyl (C=O) groups is 3. The summed E-state index contributed by atoms with van der Waals surface area (Å²) in [6, 6.07) is 13.3. The minimum absolute atomic E-state index is 0.183. The number of hydrogen-bond acceptors (Lipinski definition) is 4. The Morgan fingerprint density at radius 2 is 1.59 bits per heavy atom. The Kier molecular flexibility index (Phi) is 7.37. The van der Waals surface area contributed by atoms with Crippen molar-refractivity contribution in [1.29, 1.82) is 0 Å². The van der Waals surface area contributed by atoms with Crippen molar-refractivity contribution in [3.05, 3.63) is 59.7 Å². The molecule has 2 aromatic rings. The zero-order valence-corrected chi connectivity index (χ0v) is 15.4. The normalized spacial score (nSPS) is 10.0. The van der Waals surface area contributed by atoms with E-state index in [4.69, 9.17) is 4.74 Å². The standard InChI is InChI=1S/C20H23N3O4/c1-3-21-20(26)15-6-5-7-16(12-15)23-18(24)13-22-19(25)14-8-10-17(11-9-14)27-4-2/h5-12H,3-4,13H2,1-2H3,(H,21,26)(H,22,25)(H,23,24). The van der Waals surface area contributed by atoms with Gasteiger partial charge in [-0.05, 0) is 56.3 Å². The van der Waals surface area contributed by atoms with Gasteiger partial charge in [0.15, 0.2) is 0 Å². The molecule has 7 nitrogen and oxygen atoms in total. The van der Waals surface area contributed by atoms with Gasteiger partial charge in [-0.15, -0.1) is 0 Å². The van der Waals surface area contributed by atoms with Crippen LogP contribution in [0.5, 0.6) is 5.75 Å². The summed E-state index contributed by atoms with van der Waals surface area (Å²) < 4.78 is 5.32. The molecule has 0 saturated heterocycles. The van der Waals surface area contributed by atoms with Crippen molar-refractivity contribution in [2.24, 2.45) is 0 Å². The first-order chi connectivity index (χ1) is 13.0. The van der Waals surface area contributed by atoms with E-state index in [0.29, 0.717) is 35.7 Å². The summed E-state index contributed by atoms with van der Waals surface area (Å²) in [5.41, 5.74) is 1.37. The number of amides is 3. The van der Waals surface area contributed by atoms with Crippen molar-refractivity contribution < 1.29 is 19.1 Å². The Morgan fingerprint density at radius 3 is 2.26 bits per heavy atom. The molecule has 142 valence electrons. The molecule has 3 N–H and O–H groups in total. The molecular weight excluding hydrogens is 346 g/mol. The van der Waals surface area contributed by atoms with Gasteiger partial charge in [0.05, 0.1) is 13.2 Å². The SMILES string of the molecule is CCNC(=O)c1cccc(NC(=O)CNC(=O)c2ccc(OCC)cc2)c1. The van der Waals surface area contributed by atoms with Crippen LogP contribution in [0.3, 0.4) is 0 Å². The monoisotopic (exact) mass is 369 g/mol. The predicted molar refractivity (Wildman–Crippen MR) is 103 cm³/mol. The number of ether oxygens (including phenoxy) is 1. The number of rotatable bonds is 8. The molecule has 0 aliphatic heterocycles. The Balaban J connectivity index is 1.87. The number of hydrogen-bond donors (Lipinski definition) is 3. The number of nitrogens with one attached hydrogen (secondary N) is 3. The van der Waals surface area contributed by atoms with Crippen molar-refractivity contribution in [3.8, 4) is 5.75 Å². The van der Waals surface area contributed by atoms with Crippen LogP contribution < -0.4 is 20.7 Å². The zero-order chi connectivity index (χ0) is 19.6. The second-order valence-electron chi connectivity index (χ2n) is 5.63. The molecule has 0 aliphatic carbocycles. The van der Waals surface area contributed by atoms with Crippen molar-refractivity contribution in [3.63, 3.8) is 0 Å². The summed E-state index contributed by atoms with van der Waals surface area (Å²) in [5.74, 6) is -0.275. The average molecular weight is 369 g/mol. The van der Waals surface area contributed by atoms with E-state index >= 15 is 0 Å². The highest BCUT2D eigenvalue weighted by Crippen LogP contribution is 2.12. The second-order valence-corrected chi connectivity index (χ2v) is 5.63. The maximum absolute atomic E-state index is 12.1. The van der Waals surface area contributed by atoms with Crippen molar-refractivity contribution in [1.82, 2.24) is 10.6 Å². The molecule has 2 rings (SSSR count). The Bertz CT molecular complexity index is 803. The largest absolute Gasteiger partial charge is 0.494 e. The highest BCUT2D eigenvalue weighted by atomic mass is 16.5.